The molecule has 0 aliphatic carbocycles. The van der Waals surface area contributed by atoms with Gasteiger partial charge in [-0.1, -0.05) is 44.2 Å². The van der Waals surface area contributed by atoms with E-state index in [1.165, 1.54) is 6.92 Å². The quantitative estimate of drug-likeness (QED) is 0.199. The Kier molecular flexibility index (Phi) is 12.4. The third-order valence-electron chi connectivity index (χ3n) is 4.78. The fourth-order valence-electron chi connectivity index (χ4n) is 3.18. The first-order valence-electron chi connectivity index (χ1n) is 11.9. The van der Waals surface area contributed by atoms with Crippen LogP contribution in [-0.2, 0) is 30.3 Å². The number of hydrogen-bond acceptors (Lipinski definition) is 6. The monoisotopic (exact) mass is 505 g/mol. The lowest BCUT2D eigenvalue weighted by Gasteiger charge is -2.25. The van der Waals surface area contributed by atoms with Crippen molar-refractivity contribution in [2.75, 3.05) is 6.54 Å². The van der Waals surface area contributed by atoms with Crippen molar-refractivity contribution in [3.05, 3.63) is 35.9 Å². The van der Waals surface area contributed by atoms with Crippen molar-refractivity contribution in [2.24, 2.45) is 5.92 Å². The number of carbonyl (C=O) groups is 5. The molecule has 0 spiro atoms. The molecule has 5 amide bonds. The minimum Gasteiger partial charge on any atom is -0.444 e. The highest BCUT2D eigenvalue weighted by molar-refractivity contribution is 5.89. The summed E-state index contributed by atoms with van der Waals surface area (Å²) >= 11 is 0. The first-order valence-corrected chi connectivity index (χ1v) is 11.9. The van der Waals surface area contributed by atoms with Gasteiger partial charge in [-0.25, -0.2) is 4.79 Å². The molecule has 1 rings (SSSR count). The van der Waals surface area contributed by atoms with Crippen LogP contribution in [0.3, 0.4) is 0 Å². The molecule has 0 saturated carbocycles. The predicted octanol–water partition coefficient (Wildman–Crippen LogP) is 0.978. The van der Waals surface area contributed by atoms with Crippen LogP contribution < -0.4 is 26.6 Å². The molecule has 5 N–H and O–H groups in total. The number of hydrogen-bond donors (Lipinski definition) is 5. The number of benzene rings is 1. The standard InChI is InChI=1S/C25H39N5O6/c1-16(2)12-19(27-15-31)23(34)30-20(13-18-10-8-7-9-11-18)29-21(32)14-26-22(33)17(3)28-24(35)36-25(4,5)6/h7-11,15-17,19-20H,12-14H2,1-6H3,(H,26,33)(H,27,31)(H,28,35)(H,29,32)(H,30,34). The Hall–Kier alpha value is -3.63. The number of nitrogens with one attached hydrogen (secondary N) is 5. The van der Waals surface area contributed by atoms with Crippen molar-refractivity contribution in [3.8, 4) is 0 Å². The van der Waals surface area contributed by atoms with Gasteiger partial charge in [-0.3, -0.25) is 19.2 Å². The van der Waals surface area contributed by atoms with Crippen molar-refractivity contribution in [1.29, 1.82) is 0 Å². The summed E-state index contributed by atoms with van der Waals surface area (Å²) in [6.07, 6.45) is -0.350. The van der Waals surface area contributed by atoms with Gasteiger partial charge in [0.1, 0.15) is 23.9 Å². The average molecular weight is 506 g/mol. The molecule has 0 aromatic heterocycles. The molecule has 1 aromatic rings. The average Bonchev–Trinajstić information content (AvgIpc) is 2.76. The van der Waals surface area contributed by atoms with E-state index >= 15 is 0 Å². The van der Waals surface area contributed by atoms with Gasteiger partial charge in [0.05, 0.1) is 6.54 Å². The molecule has 0 bridgehead atoms. The Bertz CT molecular complexity index is 885. The lowest BCUT2D eigenvalue weighted by molar-refractivity contribution is -0.129. The molecule has 0 heterocycles. The molecule has 0 fully saturated rings. The fraction of sp³-hybridized carbons (Fsp3) is 0.560. The SMILES string of the molecule is CC(C)CC(NC=O)C(=O)NC(Cc1ccccc1)NC(=O)CNC(=O)C(C)NC(=O)OC(C)(C)C. The van der Waals surface area contributed by atoms with E-state index in [1.54, 1.807) is 20.8 Å². The molecule has 0 saturated heterocycles. The predicted molar refractivity (Wildman–Crippen MR) is 135 cm³/mol. The number of amides is 5. The summed E-state index contributed by atoms with van der Waals surface area (Å²) in [6, 6.07) is 7.55. The molecule has 36 heavy (non-hydrogen) atoms. The van der Waals surface area contributed by atoms with Crippen LogP contribution in [0, 0.1) is 5.92 Å². The molecule has 3 atom stereocenters. The second-order valence-corrected chi connectivity index (χ2v) is 9.87. The molecular weight excluding hydrogens is 466 g/mol. The summed E-state index contributed by atoms with van der Waals surface area (Å²) in [5.74, 6) is -1.40. The molecule has 1 aromatic carbocycles. The Morgan fingerprint density at radius 1 is 0.944 bits per heavy atom. The first-order chi connectivity index (χ1) is 16.8. The maximum Gasteiger partial charge on any atom is 0.408 e. The molecule has 0 aliphatic heterocycles. The van der Waals surface area contributed by atoms with Crippen molar-refractivity contribution < 1.29 is 28.7 Å². The van der Waals surface area contributed by atoms with Crippen LogP contribution in [0.5, 0.6) is 0 Å². The Morgan fingerprint density at radius 2 is 1.58 bits per heavy atom. The largest absolute Gasteiger partial charge is 0.444 e. The summed E-state index contributed by atoms with van der Waals surface area (Å²) < 4.78 is 5.11. The Morgan fingerprint density at radius 3 is 2.14 bits per heavy atom. The Labute approximate surface area is 212 Å². The van der Waals surface area contributed by atoms with Crippen LogP contribution in [0.15, 0.2) is 30.3 Å². The topological polar surface area (TPSA) is 155 Å². The number of alkyl carbamates (subject to hydrolysis) is 1. The van der Waals surface area contributed by atoms with E-state index in [1.807, 2.05) is 44.2 Å². The van der Waals surface area contributed by atoms with Gasteiger partial charge in [-0.05, 0) is 45.6 Å². The maximum atomic E-state index is 12.8. The summed E-state index contributed by atoms with van der Waals surface area (Å²) in [5, 5.41) is 12.8. The van der Waals surface area contributed by atoms with Crippen LogP contribution in [0.1, 0.15) is 53.5 Å². The zero-order valence-corrected chi connectivity index (χ0v) is 21.8. The zero-order valence-electron chi connectivity index (χ0n) is 21.8. The normalized spacial score (nSPS) is 13.5. The molecule has 0 radical (unpaired) electrons. The maximum absolute atomic E-state index is 12.8. The third-order valence-corrected chi connectivity index (χ3v) is 4.78. The lowest BCUT2D eigenvalue weighted by Crippen LogP contribution is -2.56. The minimum atomic E-state index is -0.932. The van der Waals surface area contributed by atoms with E-state index in [0.717, 1.165) is 5.56 Å². The summed E-state index contributed by atoms with van der Waals surface area (Å²) in [7, 11) is 0. The minimum absolute atomic E-state index is 0.154. The summed E-state index contributed by atoms with van der Waals surface area (Å²) in [5.41, 5.74) is 0.152. The molecule has 200 valence electrons. The second-order valence-electron chi connectivity index (χ2n) is 9.87. The van der Waals surface area contributed by atoms with Crippen LogP contribution in [0.2, 0.25) is 0 Å². The van der Waals surface area contributed by atoms with Crippen LogP contribution >= 0.6 is 0 Å². The van der Waals surface area contributed by atoms with E-state index < -0.39 is 47.7 Å². The third kappa shape index (κ3) is 12.7. The highest BCUT2D eigenvalue weighted by atomic mass is 16.6. The van der Waals surface area contributed by atoms with Gasteiger partial charge in [0.2, 0.25) is 24.1 Å². The van der Waals surface area contributed by atoms with Crippen LogP contribution in [-0.4, -0.2) is 60.6 Å². The molecule has 3 unspecified atom stereocenters. The smallest absolute Gasteiger partial charge is 0.408 e. The van der Waals surface area contributed by atoms with E-state index in [-0.39, 0.29) is 12.5 Å². The van der Waals surface area contributed by atoms with Crippen molar-refractivity contribution in [2.45, 2.75) is 78.2 Å². The van der Waals surface area contributed by atoms with E-state index in [9.17, 15) is 24.0 Å². The molecule has 11 heteroatoms. The van der Waals surface area contributed by atoms with Gasteiger partial charge in [0.15, 0.2) is 0 Å². The van der Waals surface area contributed by atoms with Gasteiger partial charge >= 0.3 is 6.09 Å². The molecule has 0 aliphatic rings. The number of rotatable bonds is 13. The highest BCUT2D eigenvalue weighted by Crippen LogP contribution is 2.07. The van der Waals surface area contributed by atoms with Gasteiger partial charge < -0.3 is 31.3 Å². The fourth-order valence-corrected chi connectivity index (χ4v) is 3.18. The first kappa shape index (κ1) is 30.4. The highest BCUT2D eigenvalue weighted by Gasteiger charge is 2.24. The lowest BCUT2D eigenvalue weighted by atomic mass is 10.0. The number of carbonyl (C=O) groups excluding carboxylic acids is 5. The van der Waals surface area contributed by atoms with Crippen molar-refractivity contribution in [1.82, 2.24) is 26.6 Å². The summed E-state index contributed by atoms with van der Waals surface area (Å²) in [6.45, 7) is 10.0. The van der Waals surface area contributed by atoms with Crippen molar-refractivity contribution in [3.63, 3.8) is 0 Å². The van der Waals surface area contributed by atoms with Gasteiger partial charge in [0.25, 0.3) is 0 Å². The zero-order chi connectivity index (χ0) is 27.3. The summed E-state index contributed by atoms with van der Waals surface area (Å²) in [4.78, 5) is 60.5. The van der Waals surface area contributed by atoms with Gasteiger partial charge in [0, 0.05) is 6.42 Å². The van der Waals surface area contributed by atoms with E-state index in [4.69, 9.17) is 4.74 Å². The van der Waals surface area contributed by atoms with Crippen LogP contribution in [0.4, 0.5) is 4.79 Å². The van der Waals surface area contributed by atoms with Crippen molar-refractivity contribution >= 4 is 30.2 Å². The Balaban J connectivity index is 2.75. The van der Waals surface area contributed by atoms with Crippen LogP contribution in [0.25, 0.3) is 0 Å². The van der Waals surface area contributed by atoms with Gasteiger partial charge in [-0.2, -0.15) is 0 Å². The van der Waals surface area contributed by atoms with E-state index in [0.29, 0.717) is 19.3 Å². The van der Waals surface area contributed by atoms with Gasteiger partial charge in [-0.15, -0.1) is 0 Å². The second kappa shape index (κ2) is 14.7. The van der Waals surface area contributed by atoms with E-state index in [2.05, 4.69) is 26.6 Å². The number of ether oxygens (including phenoxy) is 1. The molecular formula is C25H39N5O6. The molecule has 11 nitrogen and oxygen atoms in total.